The van der Waals surface area contributed by atoms with E-state index in [1.165, 1.54) is 16.8 Å². The molecule has 3 heterocycles. The van der Waals surface area contributed by atoms with Crippen LogP contribution in [0.3, 0.4) is 0 Å². The highest BCUT2D eigenvalue weighted by atomic mass is 15.3. The maximum atomic E-state index is 4.52. The van der Waals surface area contributed by atoms with Gasteiger partial charge in [-0.1, -0.05) is 30.3 Å². The summed E-state index contributed by atoms with van der Waals surface area (Å²) in [7, 11) is 2.14. The Bertz CT molecular complexity index is 789. The smallest absolute Gasteiger partial charge is 0.178 e. The van der Waals surface area contributed by atoms with Crippen LogP contribution in [0.4, 0.5) is 0 Å². The number of H-pyrrole nitrogens is 1. The van der Waals surface area contributed by atoms with Gasteiger partial charge in [0.15, 0.2) is 5.82 Å². The molecular formula is C17H20N6. The van der Waals surface area contributed by atoms with Crippen molar-refractivity contribution in [3.63, 3.8) is 0 Å². The van der Waals surface area contributed by atoms with Gasteiger partial charge in [0.2, 0.25) is 0 Å². The lowest BCUT2D eigenvalue weighted by molar-refractivity contribution is 0.312. The van der Waals surface area contributed by atoms with Crippen LogP contribution in [0.25, 0.3) is 11.5 Å². The number of fused-ring (bicyclic) bond motifs is 1. The molecule has 0 aliphatic carbocycles. The average Bonchev–Trinajstić information content (AvgIpc) is 3.19. The molecule has 0 fully saturated rings. The van der Waals surface area contributed by atoms with Crippen molar-refractivity contribution in [1.29, 1.82) is 0 Å². The Kier molecular flexibility index (Phi) is 3.67. The van der Waals surface area contributed by atoms with Gasteiger partial charge in [0, 0.05) is 37.3 Å². The third-order valence-corrected chi connectivity index (χ3v) is 4.41. The van der Waals surface area contributed by atoms with E-state index in [1.807, 2.05) is 10.7 Å². The van der Waals surface area contributed by atoms with Crippen LogP contribution in [0.5, 0.6) is 0 Å². The molecule has 0 amide bonds. The molecule has 23 heavy (non-hydrogen) atoms. The van der Waals surface area contributed by atoms with Crippen molar-refractivity contribution < 1.29 is 0 Å². The fraction of sp³-hybridized carbons (Fsp3) is 0.353. The summed E-state index contributed by atoms with van der Waals surface area (Å²) >= 11 is 0. The zero-order valence-electron chi connectivity index (χ0n) is 13.2. The Hall–Kier alpha value is -2.47. The maximum absolute atomic E-state index is 4.52. The second-order valence-corrected chi connectivity index (χ2v) is 6.06. The maximum Gasteiger partial charge on any atom is 0.178 e. The van der Waals surface area contributed by atoms with Crippen molar-refractivity contribution in [2.75, 3.05) is 13.6 Å². The highest BCUT2D eigenvalue weighted by molar-refractivity contribution is 5.56. The van der Waals surface area contributed by atoms with Gasteiger partial charge >= 0.3 is 0 Å². The number of hydrogen-bond acceptors (Lipinski definition) is 4. The molecule has 3 aromatic rings. The number of rotatable bonds is 4. The van der Waals surface area contributed by atoms with Gasteiger partial charge in [-0.15, -0.1) is 0 Å². The highest BCUT2D eigenvalue weighted by Gasteiger charge is 2.23. The molecule has 0 radical (unpaired) electrons. The van der Waals surface area contributed by atoms with Gasteiger partial charge in [0.25, 0.3) is 0 Å². The van der Waals surface area contributed by atoms with Gasteiger partial charge in [0.1, 0.15) is 12.0 Å². The molecule has 0 saturated carbocycles. The molecule has 2 aromatic heterocycles. The molecule has 1 aliphatic heterocycles. The number of nitrogens with zero attached hydrogens (tertiary/aromatic N) is 5. The first-order valence-electron chi connectivity index (χ1n) is 7.98. The zero-order chi connectivity index (χ0) is 15.6. The molecule has 1 aliphatic rings. The predicted molar refractivity (Wildman–Crippen MR) is 87.8 cm³/mol. The molecule has 6 nitrogen and oxygen atoms in total. The first kappa shape index (κ1) is 14.1. The van der Waals surface area contributed by atoms with Crippen LogP contribution < -0.4 is 0 Å². The normalized spacial score (nSPS) is 14.8. The molecule has 4 rings (SSSR count). The van der Waals surface area contributed by atoms with Gasteiger partial charge in [-0.3, -0.25) is 5.10 Å². The van der Waals surface area contributed by atoms with E-state index in [2.05, 4.69) is 56.5 Å². The van der Waals surface area contributed by atoms with Gasteiger partial charge in [-0.2, -0.15) is 10.2 Å². The van der Waals surface area contributed by atoms with Gasteiger partial charge < -0.3 is 4.90 Å². The summed E-state index contributed by atoms with van der Waals surface area (Å²) in [5, 5.41) is 12.1. The third-order valence-electron chi connectivity index (χ3n) is 4.41. The van der Waals surface area contributed by atoms with Crippen molar-refractivity contribution in [2.24, 2.45) is 0 Å². The van der Waals surface area contributed by atoms with Crippen molar-refractivity contribution >= 4 is 0 Å². The summed E-state index contributed by atoms with van der Waals surface area (Å²) in [6, 6.07) is 10.5. The second-order valence-electron chi connectivity index (χ2n) is 6.06. The Morgan fingerprint density at radius 2 is 2.09 bits per heavy atom. The van der Waals surface area contributed by atoms with Crippen LogP contribution in [-0.4, -0.2) is 43.5 Å². The van der Waals surface area contributed by atoms with Crippen LogP contribution in [0.15, 0.2) is 36.7 Å². The number of aromatic nitrogens is 5. The van der Waals surface area contributed by atoms with E-state index in [4.69, 9.17) is 0 Å². The van der Waals surface area contributed by atoms with E-state index < -0.39 is 0 Å². The van der Waals surface area contributed by atoms with Crippen molar-refractivity contribution in [1.82, 2.24) is 29.9 Å². The number of nitrogens with one attached hydrogen (secondary N) is 1. The summed E-state index contributed by atoms with van der Waals surface area (Å²) in [5.41, 5.74) is 4.73. The Balaban J connectivity index is 1.59. The van der Waals surface area contributed by atoms with E-state index in [-0.39, 0.29) is 0 Å². The quantitative estimate of drug-likeness (QED) is 0.799. The minimum Gasteiger partial charge on any atom is -0.302 e. The van der Waals surface area contributed by atoms with Gasteiger partial charge in [-0.05, 0) is 19.0 Å². The van der Waals surface area contributed by atoms with E-state index in [1.54, 1.807) is 6.33 Å². The number of benzene rings is 1. The van der Waals surface area contributed by atoms with Crippen LogP contribution >= 0.6 is 0 Å². The number of hydrogen-bond donors (Lipinski definition) is 1. The zero-order valence-corrected chi connectivity index (χ0v) is 13.2. The Morgan fingerprint density at radius 3 is 2.96 bits per heavy atom. The van der Waals surface area contributed by atoms with E-state index >= 15 is 0 Å². The fourth-order valence-electron chi connectivity index (χ4n) is 3.11. The molecule has 1 N–H and O–H groups in total. The molecule has 0 spiro atoms. The van der Waals surface area contributed by atoms with Crippen molar-refractivity contribution in [2.45, 2.75) is 25.9 Å². The molecule has 0 bridgehead atoms. The van der Waals surface area contributed by atoms with E-state index in [9.17, 15) is 0 Å². The van der Waals surface area contributed by atoms with Crippen molar-refractivity contribution in [3.8, 4) is 11.5 Å². The summed E-state index contributed by atoms with van der Waals surface area (Å²) in [4.78, 5) is 6.77. The predicted octanol–water partition coefficient (Wildman–Crippen LogP) is 1.90. The molecule has 0 unspecified atom stereocenters. The average molecular weight is 308 g/mol. The standard InChI is InChI=1S/C17H20N6/c1-22-9-8-15-14(11-22)16(21-20-15)17-18-12-19-23(17)10-7-13-5-3-2-4-6-13/h2-6,12H,7-11H2,1H3,(H,20,21). The van der Waals surface area contributed by atoms with Crippen LogP contribution in [-0.2, 0) is 25.9 Å². The van der Waals surface area contributed by atoms with Crippen LogP contribution in [0.2, 0.25) is 0 Å². The third kappa shape index (κ3) is 2.77. The SMILES string of the molecule is CN1CCc2[nH]nc(-c3ncnn3CCc3ccccc3)c2C1. The lowest BCUT2D eigenvalue weighted by Crippen LogP contribution is -2.26. The first-order valence-corrected chi connectivity index (χ1v) is 7.98. The summed E-state index contributed by atoms with van der Waals surface area (Å²) in [6.07, 6.45) is 3.56. The summed E-state index contributed by atoms with van der Waals surface area (Å²) < 4.78 is 1.96. The molecule has 1 aromatic carbocycles. The Morgan fingerprint density at radius 1 is 1.22 bits per heavy atom. The lowest BCUT2D eigenvalue weighted by Gasteiger charge is -2.22. The largest absolute Gasteiger partial charge is 0.302 e. The first-order chi connectivity index (χ1) is 11.3. The fourth-order valence-corrected chi connectivity index (χ4v) is 3.11. The highest BCUT2D eigenvalue weighted by Crippen LogP contribution is 2.26. The lowest BCUT2D eigenvalue weighted by atomic mass is 10.1. The van der Waals surface area contributed by atoms with E-state index in [0.29, 0.717) is 0 Å². The van der Waals surface area contributed by atoms with Crippen LogP contribution in [0.1, 0.15) is 16.8 Å². The topological polar surface area (TPSA) is 62.6 Å². The second kappa shape index (κ2) is 5.96. The number of aromatic amines is 1. The molecule has 118 valence electrons. The minimum absolute atomic E-state index is 0.802. The monoisotopic (exact) mass is 308 g/mol. The molecule has 0 saturated heterocycles. The van der Waals surface area contributed by atoms with Gasteiger partial charge in [-0.25, -0.2) is 9.67 Å². The summed E-state index contributed by atoms with van der Waals surface area (Å²) in [6.45, 7) is 2.78. The summed E-state index contributed by atoms with van der Waals surface area (Å²) in [5.74, 6) is 0.855. The Labute approximate surface area is 135 Å². The molecule has 0 atom stereocenters. The van der Waals surface area contributed by atoms with Gasteiger partial charge in [0.05, 0.1) is 0 Å². The number of likely N-dealkylation sites (N-methyl/N-ethyl adjacent to an activating group) is 1. The minimum atomic E-state index is 0.802. The molecular weight excluding hydrogens is 288 g/mol. The molecule has 6 heteroatoms. The number of aryl methyl sites for hydroxylation is 2. The van der Waals surface area contributed by atoms with Crippen molar-refractivity contribution in [3.05, 3.63) is 53.5 Å². The van der Waals surface area contributed by atoms with Crippen LogP contribution in [0, 0.1) is 0 Å². The van der Waals surface area contributed by atoms with E-state index in [0.717, 1.165) is 44.0 Å².